The Morgan fingerprint density at radius 2 is 2.08 bits per heavy atom. The normalized spacial score (nSPS) is 17.3. The summed E-state index contributed by atoms with van der Waals surface area (Å²) in [6, 6.07) is 6.56. The van der Waals surface area contributed by atoms with Crippen molar-refractivity contribution in [2.45, 2.75) is 32.4 Å². The lowest BCUT2D eigenvalue weighted by Gasteiger charge is -2.34. The van der Waals surface area contributed by atoms with Crippen LogP contribution in [0.25, 0.3) is 0 Å². The molecule has 3 heterocycles. The molecule has 0 aliphatic carbocycles. The third-order valence-corrected chi connectivity index (χ3v) is 6.04. The number of nitrogens with one attached hydrogen (secondary N) is 2. The summed E-state index contributed by atoms with van der Waals surface area (Å²) in [7, 11) is 0. The minimum absolute atomic E-state index is 0.0260. The molecule has 1 aliphatic heterocycles. The van der Waals surface area contributed by atoms with Crippen LogP contribution in [0.4, 0.5) is 0 Å². The highest BCUT2D eigenvalue weighted by Crippen LogP contribution is 2.39. The molecule has 5 nitrogen and oxygen atoms in total. The summed E-state index contributed by atoms with van der Waals surface area (Å²) < 4.78 is 0. The van der Waals surface area contributed by atoms with Gasteiger partial charge in [-0.05, 0) is 48.7 Å². The fraction of sp³-hybridized carbons (Fsp3) is 0.444. The van der Waals surface area contributed by atoms with E-state index in [9.17, 15) is 9.59 Å². The summed E-state index contributed by atoms with van der Waals surface area (Å²) in [5.41, 5.74) is 1.31. The number of carbonyl (C=O) groups is 2. The van der Waals surface area contributed by atoms with Gasteiger partial charge in [0.15, 0.2) is 0 Å². The average molecular weight is 378 g/mol. The number of thiophene rings is 2. The van der Waals surface area contributed by atoms with Crippen molar-refractivity contribution in [1.82, 2.24) is 15.5 Å². The molecule has 0 saturated carbocycles. The SMILES string of the molecule is CC(C)NC(=O)CNC(=O)CN1CCc2sccc2[C@@H]1c1cccs1. The Morgan fingerprint density at radius 3 is 2.80 bits per heavy atom. The molecule has 0 saturated heterocycles. The minimum Gasteiger partial charge on any atom is -0.352 e. The molecule has 1 atom stereocenters. The van der Waals surface area contributed by atoms with E-state index in [1.54, 1.807) is 22.7 Å². The third-order valence-electron chi connectivity index (χ3n) is 4.12. The minimum atomic E-state index is -0.156. The molecule has 0 spiro atoms. The Bertz CT molecular complexity index is 725. The number of fused-ring (bicyclic) bond motifs is 1. The van der Waals surface area contributed by atoms with Gasteiger partial charge >= 0.3 is 0 Å². The van der Waals surface area contributed by atoms with Crippen molar-refractivity contribution in [3.63, 3.8) is 0 Å². The van der Waals surface area contributed by atoms with E-state index in [4.69, 9.17) is 0 Å². The van der Waals surface area contributed by atoms with Crippen molar-refractivity contribution in [2.24, 2.45) is 0 Å². The molecule has 0 bridgehead atoms. The fourth-order valence-corrected chi connectivity index (χ4v) is 4.89. The topological polar surface area (TPSA) is 61.4 Å². The summed E-state index contributed by atoms with van der Waals surface area (Å²) in [5, 5.41) is 9.71. The first-order valence-corrected chi connectivity index (χ1v) is 10.2. The third kappa shape index (κ3) is 4.48. The predicted molar refractivity (Wildman–Crippen MR) is 102 cm³/mol. The zero-order chi connectivity index (χ0) is 17.8. The predicted octanol–water partition coefficient (Wildman–Crippen LogP) is 2.40. The van der Waals surface area contributed by atoms with Crippen molar-refractivity contribution in [3.8, 4) is 0 Å². The molecule has 0 radical (unpaired) electrons. The average Bonchev–Trinajstić information content (AvgIpc) is 3.23. The largest absolute Gasteiger partial charge is 0.352 e. The highest BCUT2D eigenvalue weighted by Gasteiger charge is 2.31. The van der Waals surface area contributed by atoms with Gasteiger partial charge in [-0.25, -0.2) is 0 Å². The van der Waals surface area contributed by atoms with Gasteiger partial charge in [-0.3, -0.25) is 14.5 Å². The van der Waals surface area contributed by atoms with E-state index in [1.165, 1.54) is 15.3 Å². The molecule has 25 heavy (non-hydrogen) atoms. The van der Waals surface area contributed by atoms with Gasteiger partial charge in [-0.15, -0.1) is 22.7 Å². The Kier molecular flexibility index (Phi) is 5.88. The maximum absolute atomic E-state index is 12.3. The summed E-state index contributed by atoms with van der Waals surface area (Å²) >= 11 is 3.51. The van der Waals surface area contributed by atoms with Gasteiger partial charge in [0, 0.05) is 22.3 Å². The van der Waals surface area contributed by atoms with Crippen LogP contribution >= 0.6 is 22.7 Å². The van der Waals surface area contributed by atoms with Crippen LogP contribution in [0.3, 0.4) is 0 Å². The van der Waals surface area contributed by atoms with Gasteiger partial charge in [0.05, 0.1) is 19.1 Å². The van der Waals surface area contributed by atoms with Crippen LogP contribution < -0.4 is 10.6 Å². The van der Waals surface area contributed by atoms with E-state index in [2.05, 4.69) is 44.5 Å². The van der Waals surface area contributed by atoms with E-state index in [0.29, 0.717) is 6.54 Å². The van der Waals surface area contributed by atoms with E-state index >= 15 is 0 Å². The van der Waals surface area contributed by atoms with Crippen LogP contribution in [0, 0.1) is 0 Å². The maximum Gasteiger partial charge on any atom is 0.239 e. The second-order valence-electron chi connectivity index (χ2n) is 6.44. The zero-order valence-electron chi connectivity index (χ0n) is 14.5. The highest BCUT2D eigenvalue weighted by atomic mass is 32.1. The van der Waals surface area contributed by atoms with Crippen LogP contribution in [0.2, 0.25) is 0 Å². The monoisotopic (exact) mass is 377 g/mol. The van der Waals surface area contributed by atoms with Crippen molar-refractivity contribution in [3.05, 3.63) is 44.3 Å². The van der Waals surface area contributed by atoms with Gasteiger partial charge in [0.25, 0.3) is 0 Å². The first-order valence-electron chi connectivity index (χ1n) is 8.44. The van der Waals surface area contributed by atoms with Gasteiger partial charge in [-0.2, -0.15) is 0 Å². The molecule has 134 valence electrons. The van der Waals surface area contributed by atoms with Crippen LogP contribution in [0.1, 0.15) is 35.2 Å². The number of hydrogen-bond donors (Lipinski definition) is 2. The van der Waals surface area contributed by atoms with Crippen LogP contribution in [0.5, 0.6) is 0 Å². The highest BCUT2D eigenvalue weighted by molar-refractivity contribution is 7.10. The van der Waals surface area contributed by atoms with Crippen molar-refractivity contribution in [2.75, 3.05) is 19.6 Å². The first-order chi connectivity index (χ1) is 12.0. The Morgan fingerprint density at radius 1 is 1.24 bits per heavy atom. The number of nitrogens with zero attached hydrogens (tertiary/aromatic N) is 1. The fourth-order valence-electron chi connectivity index (χ4n) is 3.11. The second kappa shape index (κ2) is 8.12. The molecule has 3 rings (SSSR count). The molecule has 1 aliphatic rings. The van der Waals surface area contributed by atoms with Crippen LogP contribution in [-0.4, -0.2) is 42.4 Å². The number of amides is 2. The molecule has 7 heteroatoms. The Balaban J connectivity index is 1.65. The number of hydrogen-bond acceptors (Lipinski definition) is 5. The Hall–Kier alpha value is -1.70. The molecular formula is C18H23N3O2S2. The zero-order valence-corrected chi connectivity index (χ0v) is 16.1. The lowest BCUT2D eigenvalue weighted by atomic mass is 9.98. The second-order valence-corrected chi connectivity index (χ2v) is 8.42. The van der Waals surface area contributed by atoms with Gasteiger partial charge < -0.3 is 10.6 Å². The van der Waals surface area contributed by atoms with Crippen molar-refractivity contribution < 1.29 is 9.59 Å². The summed E-state index contributed by atoms with van der Waals surface area (Å²) in [4.78, 5) is 28.9. The lowest BCUT2D eigenvalue weighted by molar-refractivity contribution is -0.127. The van der Waals surface area contributed by atoms with Crippen LogP contribution in [0.15, 0.2) is 29.0 Å². The molecule has 2 aromatic rings. The van der Waals surface area contributed by atoms with Gasteiger partial charge in [0.1, 0.15) is 0 Å². The number of rotatable bonds is 6. The molecule has 2 N–H and O–H groups in total. The quantitative estimate of drug-likeness (QED) is 0.813. The molecule has 2 aromatic heterocycles. The first kappa shape index (κ1) is 18.1. The van der Waals surface area contributed by atoms with Gasteiger partial charge in [-0.1, -0.05) is 6.07 Å². The summed E-state index contributed by atoms with van der Waals surface area (Å²) in [6.45, 7) is 4.97. The van der Waals surface area contributed by atoms with E-state index < -0.39 is 0 Å². The summed E-state index contributed by atoms with van der Waals surface area (Å²) in [6.07, 6.45) is 0.968. The van der Waals surface area contributed by atoms with Crippen molar-refractivity contribution in [1.29, 1.82) is 0 Å². The molecule has 0 fully saturated rings. The lowest BCUT2D eigenvalue weighted by Crippen LogP contribution is -2.45. The molecule has 0 aromatic carbocycles. The Labute approximate surface area is 156 Å². The molecule has 2 amide bonds. The molecular weight excluding hydrogens is 354 g/mol. The van der Waals surface area contributed by atoms with E-state index in [1.807, 2.05) is 13.8 Å². The van der Waals surface area contributed by atoms with Crippen LogP contribution in [-0.2, 0) is 16.0 Å². The molecule has 0 unspecified atom stereocenters. The maximum atomic E-state index is 12.3. The van der Waals surface area contributed by atoms with Crippen molar-refractivity contribution >= 4 is 34.5 Å². The van der Waals surface area contributed by atoms with E-state index in [0.717, 1.165) is 13.0 Å². The van der Waals surface area contributed by atoms with E-state index in [-0.39, 0.29) is 30.4 Å². The smallest absolute Gasteiger partial charge is 0.239 e. The standard InChI is InChI=1S/C18H23N3O2S2/c1-12(2)20-16(22)10-19-17(23)11-21-7-5-14-13(6-9-25-14)18(21)15-4-3-8-24-15/h3-4,6,8-9,12,18H,5,7,10-11H2,1-2H3,(H,19,23)(H,20,22)/t18-/m1/s1. The van der Waals surface area contributed by atoms with Gasteiger partial charge in [0.2, 0.25) is 11.8 Å². The summed E-state index contributed by atoms with van der Waals surface area (Å²) in [5.74, 6) is -0.268. The number of carbonyl (C=O) groups excluding carboxylic acids is 2.